The van der Waals surface area contributed by atoms with Crippen LogP contribution in [0.2, 0.25) is 0 Å². The van der Waals surface area contributed by atoms with Gasteiger partial charge < -0.3 is 25.0 Å². The van der Waals surface area contributed by atoms with E-state index in [9.17, 15) is 9.90 Å². The summed E-state index contributed by atoms with van der Waals surface area (Å²) in [4.78, 5) is 27.1. The Morgan fingerprint density at radius 1 is 1.15 bits per heavy atom. The van der Waals surface area contributed by atoms with Crippen LogP contribution < -0.4 is 10.1 Å². The van der Waals surface area contributed by atoms with Gasteiger partial charge in [0.05, 0.1) is 23.7 Å². The normalized spacial score (nSPS) is 13.9. The molecule has 3 heterocycles. The molecule has 5 rings (SSSR count). The molecule has 4 aromatic rings. The molecule has 0 unspecified atom stereocenters. The van der Waals surface area contributed by atoms with Crippen LogP contribution in [0.25, 0.3) is 33.5 Å². The number of nitrogens with one attached hydrogen (secondary N) is 2. The van der Waals surface area contributed by atoms with E-state index in [-0.39, 0.29) is 11.7 Å². The number of hydrogen-bond acceptors (Lipinski definition) is 6. The summed E-state index contributed by atoms with van der Waals surface area (Å²) in [5.41, 5.74) is 4.23. The number of fused-ring (bicyclic) bond motifs is 1. The molecule has 0 bridgehead atoms. The van der Waals surface area contributed by atoms with E-state index >= 15 is 0 Å². The summed E-state index contributed by atoms with van der Waals surface area (Å²) >= 11 is 0. The highest BCUT2D eigenvalue weighted by Crippen LogP contribution is 2.35. The van der Waals surface area contributed by atoms with Crippen molar-refractivity contribution in [1.29, 1.82) is 0 Å². The SMILES string of the molecule is COc1ncccc1-c1ccc(O)c(-c2nc3ccc(C(=O)NCCN4CCCC4)cc3[nH]2)c1. The fourth-order valence-corrected chi connectivity index (χ4v) is 4.38. The maximum Gasteiger partial charge on any atom is 0.251 e. The van der Waals surface area contributed by atoms with Gasteiger partial charge in [-0.15, -0.1) is 0 Å². The first-order valence-electron chi connectivity index (χ1n) is 11.5. The van der Waals surface area contributed by atoms with Gasteiger partial charge in [0.15, 0.2) is 0 Å². The third-order valence-electron chi connectivity index (χ3n) is 6.18. The number of nitrogens with zero attached hydrogens (tertiary/aromatic N) is 3. The van der Waals surface area contributed by atoms with Crippen LogP contribution in [-0.2, 0) is 0 Å². The highest BCUT2D eigenvalue weighted by molar-refractivity contribution is 5.97. The molecule has 0 saturated carbocycles. The Morgan fingerprint density at radius 3 is 2.82 bits per heavy atom. The molecule has 1 saturated heterocycles. The Hall–Kier alpha value is -3.91. The van der Waals surface area contributed by atoms with E-state index in [1.807, 2.05) is 30.3 Å². The van der Waals surface area contributed by atoms with Crippen LogP contribution in [0.3, 0.4) is 0 Å². The van der Waals surface area contributed by atoms with Crippen molar-refractivity contribution < 1.29 is 14.6 Å². The molecule has 3 N–H and O–H groups in total. The van der Waals surface area contributed by atoms with Gasteiger partial charge >= 0.3 is 0 Å². The van der Waals surface area contributed by atoms with Gasteiger partial charge in [0.2, 0.25) is 5.88 Å². The molecule has 1 fully saturated rings. The zero-order valence-corrected chi connectivity index (χ0v) is 19.0. The quantitative estimate of drug-likeness (QED) is 0.390. The summed E-state index contributed by atoms with van der Waals surface area (Å²) in [6, 6.07) is 14.4. The van der Waals surface area contributed by atoms with Crippen molar-refractivity contribution in [1.82, 2.24) is 25.2 Å². The van der Waals surface area contributed by atoms with Gasteiger partial charge in [0.25, 0.3) is 5.91 Å². The number of benzene rings is 2. The predicted octanol–water partition coefficient (Wildman–Crippen LogP) is 3.83. The van der Waals surface area contributed by atoms with Crippen LogP contribution in [0.15, 0.2) is 54.7 Å². The van der Waals surface area contributed by atoms with Gasteiger partial charge in [-0.3, -0.25) is 4.79 Å². The number of H-pyrrole nitrogens is 1. The maximum absolute atomic E-state index is 12.6. The minimum Gasteiger partial charge on any atom is -0.507 e. The van der Waals surface area contributed by atoms with Crippen molar-refractivity contribution in [3.8, 4) is 34.1 Å². The number of aromatic nitrogens is 3. The number of amides is 1. The fourth-order valence-electron chi connectivity index (χ4n) is 4.38. The zero-order valence-electron chi connectivity index (χ0n) is 19.0. The second-order valence-electron chi connectivity index (χ2n) is 8.41. The summed E-state index contributed by atoms with van der Waals surface area (Å²) in [5.74, 6) is 1.02. The van der Waals surface area contributed by atoms with Crippen LogP contribution >= 0.6 is 0 Å². The largest absolute Gasteiger partial charge is 0.507 e. The lowest BCUT2D eigenvalue weighted by Crippen LogP contribution is -2.33. The number of rotatable bonds is 7. The molecule has 0 atom stereocenters. The van der Waals surface area contributed by atoms with Crippen molar-refractivity contribution in [2.24, 2.45) is 0 Å². The Morgan fingerprint density at radius 2 is 2.00 bits per heavy atom. The lowest BCUT2D eigenvalue weighted by molar-refractivity contribution is 0.0950. The Bertz CT molecular complexity index is 1330. The Kier molecular flexibility index (Phi) is 6.14. The first-order chi connectivity index (χ1) is 16.6. The van der Waals surface area contributed by atoms with E-state index in [1.165, 1.54) is 12.8 Å². The molecule has 8 heteroatoms. The van der Waals surface area contributed by atoms with E-state index in [4.69, 9.17) is 4.74 Å². The van der Waals surface area contributed by atoms with Gasteiger partial charge in [0, 0.05) is 30.4 Å². The number of methoxy groups -OCH3 is 1. The van der Waals surface area contributed by atoms with Crippen molar-refractivity contribution in [2.45, 2.75) is 12.8 Å². The third kappa shape index (κ3) is 4.45. The number of hydrogen-bond donors (Lipinski definition) is 3. The van der Waals surface area contributed by atoms with E-state index in [0.717, 1.165) is 36.3 Å². The number of pyridine rings is 1. The number of ether oxygens (including phenoxy) is 1. The number of aromatic amines is 1. The Labute approximate surface area is 197 Å². The standard InChI is InChI=1S/C26H27N5O3/c1-34-26-19(5-4-10-28-26)17-7-9-23(32)20(15-17)24-29-21-8-6-18(16-22(21)30-24)25(33)27-11-14-31-12-2-3-13-31/h4-10,15-16,32H,2-3,11-14H2,1H3,(H,27,33)(H,29,30). The lowest BCUT2D eigenvalue weighted by Gasteiger charge is -2.14. The molecule has 0 radical (unpaired) electrons. The molecule has 2 aromatic heterocycles. The number of carbonyl (C=O) groups excluding carboxylic acids is 1. The van der Waals surface area contributed by atoms with Crippen LogP contribution in [0.1, 0.15) is 23.2 Å². The summed E-state index contributed by atoms with van der Waals surface area (Å²) in [6.07, 6.45) is 4.14. The average Bonchev–Trinajstić information content (AvgIpc) is 3.53. The minimum absolute atomic E-state index is 0.102. The monoisotopic (exact) mass is 457 g/mol. The van der Waals surface area contributed by atoms with Crippen molar-refractivity contribution in [3.05, 3.63) is 60.3 Å². The van der Waals surface area contributed by atoms with E-state index in [0.29, 0.717) is 34.9 Å². The summed E-state index contributed by atoms with van der Waals surface area (Å²) in [7, 11) is 1.58. The zero-order chi connectivity index (χ0) is 23.5. The topological polar surface area (TPSA) is 103 Å². The second-order valence-corrected chi connectivity index (χ2v) is 8.41. The molecule has 2 aromatic carbocycles. The van der Waals surface area contributed by atoms with E-state index in [1.54, 1.807) is 31.5 Å². The van der Waals surface area contributed by atoms with Crippen molar-refractivity contribution in [2.75, 3.05) is 33.3 Å². The molecule has 1 amide bonds. The van der Waals surface area contributed by atoms with Crippen LogP contribution in [0.4, 0.5) is 0 Å². The minimum atomic E-state index is -0.106. The van der Waals surface area contributed by atoms with E-state index in [2.05, 4.69) is 25.2 Å². The van der Waals surface area contributed by atoms with Crippen LogP contribution in [-0.4, -0.2) is 64.2 Å². The first-order valence-corrected chi connectivity index (χ1v) is 11.5. The first kappa shape index (κ1) is 21.9. The molecule has 8 nitrogen and oxygen atoms in total. The van der Waals surface area contributed by atoms with Gasteiger partial charge in [-0.05, 0) is 74.0 Å². The summed E-state index contributed by atoms with van der Waals surface area (Å²) < 4.78 is 5.38. The number of phenolic OH excluding ortho intramolecular Hbond substituents is 1. The van der Waals surface area contributed by atoms with Crippen molar-refractivity contribution >= 4 is 16.9 Å². The fraction of sp³-hybridized carbons (Fsp3) is 0.269. The molecule has 174 valence electrons. The number of imidazole rings is 1. The third-order valence-corrected chi connectivity index (χ3v) is 6.18. The predicted molar refractivity (Wildman–Crippen MR) is 131 cm³/mol. The van der Waals surface area contributed by atoms with Gasteiger partial charge in [-0.25, -0.2) is 9.97 Å². The number of carbonyl (C=O) groups is 1. The molecule has 0 spiro atoms. The summed E-state index contributed by atoms with van der Waals surface area (Å²) in [5, 5.41) is 13.5. The summed E-state index contributed by atoms with van der Waals surface area (Å²) in [6.45, 7) is 3.73. The van der Waals surface area contributed by atoms with Gasteiger partial charge in [-0.2, -0.15) is 0 Å². The number of phenols is 1. The highest BCUT2D eigenvalue weighted by atomic mass is 16.5. The van der Waals surface area contributed by atoms with Gasteiger partial charge in [-0.1, -0.05) is 6.07 Å². The van der Waals surface area contributed by atoms with Crippen LogP contribution in [0, 0.1) is 0 Å². The van der Waals surface area contributed by atoms with Crippen molar-refractivity contribution in [3.63, 3.8) is 0 Å². The molecule has 1 aliphatic rings. The Balaban J connectivity index is 1.38. The molecule has 1 aliphatic heterocycles. The van der Waals surface area contributed by atoms with Gasteiger partial charge in [0.1, 0.15) is 11.6 Å². The highest BCUT2D eigenvalue weighted by Gasteiger charge is 2.16. The molecular weight excluding hydrogens is 430 g/mol. The smallest absolute Gasteiger partial charge is 0.251 e. The molecule has 0 aliphatic carbocycles. The number of aromatic hydroxyl groups is 1. The van der Waals surface area contributed by atoms with Crippen LogP contribution in [0.5, 0.6) is 11.6 Å². The van der Waals surface area contributed by atoms with E-state index < -0.39 is 0 Å². The maximum atomic E-state index is 12.6. The lowest BCUT2D eigenvalue weighted by atomic mass is 10.0. The molecular formula is C26H27N5O3. The number of likely N-dealkylation sites (tertiary alicyclic amines) is 1. The average molecular weight is 458 g/mol. The second kappa shape index (κ2) is 9.52. The molecule has 34 heavy (non-hydrogen) atoms.